The van der Waals surface area contributed by atoms with Gasteiger partial charge in [0, 0.05) is 28.3 Å². The molecule has 2 nitrogen and oxygen atoms in total. The van der Waals surface area contributed by atoms with E-state index in [2.05, 4.69) is 164 Å². The van der Waals surface area contributed by atoms with Crippen LogP contribution in [0.3, 0.4) is 0 Å². The van der Waals surface area contributed by atoms with Crippen LogP contribution in [0.5, 0.6) is 0 Å². The number of rotatable bonds is 2. The summed E-state index contributed by atoms with van der Waals surface area (Å²) < 4.78 is 0. The summed E-state index contributed by atoms with van der Waals surface area (Å²) in [5.74, 6) is 0. The summed E-state index contributed by atoms with van der Waals surface area (Å²) in [4.78, 5) is 5.08. The van der Waals surface area contributed by atoms with Gasteiger partial charge in [-0.15, -0.1) is 0 Å². The first kappa shape index (κ1) is 24.1. The van der Waals surface area contributed by atoms with Crippen molar-refractivity contribution in [2.45, 2.75) is 26.2 Å². The van der Waals surface area contributed by atoms with E-state index in [1.807, 2.05) is 0 Å². The molecule has 0 aromatic heterocycles. The maximum absolute atomic E-state index is 2.54. The summed E-state index contributed by atoms with van der Waals surface area (Å²) in [5, 5.41) is 2.54. The Kier molecular flexibility index (Phi) is 5.21. The zero-order valence-corrected chi connectivity index (χ0v) is 23.7. The smallest absolute Gasteiger partial charge is 0.333 e. The molecule has 8 rings (SSSR count). The Hall–Kier alpha value is -4.76. The van der Waals surface area contributed by atoms with Crippen LogP contribution >= 0.6 is 0 Å². The predicted octanol–water partition coefficient (Wildman–Crippen LogP) is 8.84. The van der Waals surface area contributed by atoms with Gasteiger partial charge in [0.2, 0.25) is 0 Å². The quantitative estimate of drug-likeness (QED) is 0.208. The molecule has 0 spiro atoms. The van der Waals surface area contributed by atoms with E-state index >= 15 is 0 Å². The zero-order valence-electron chi connectivity index (χ0n) is 23.7. The van der Waals surface area contributed by atoms with Crippen LogP contribution in [0.2, 0.25) is 0 Å². The molecule has 0 N–H and O–H groups in total. The third kappa shape index (κ3) is 3.58. The van der Waals surface area contributed by atoms with E-state index in [0.717, 1.165) is 0 Å². The van der Waals surface area contributed by atoms with Crippen molar-refractivity contribution in [1.29, 1.82) is 0 Å². The minimum absolute atomic E-state index is 0.0390. The Bertz CT molecular complexity index is 1950. The molecule has 0 radical (unpaired) electrons. The van der Waals surface area contributed by atoms with Crippen LogP contribution in [0.15, 0.2) is 133 Å². The second-order valence-corrected chi connectivity index (χ2v) is 12.2. The molecule has 0 aliphatic carbocycles. The normalized spacial score (nSPS) is 13.6. The lowest BCUT2D eigenvalue weighted by Gasteiger charge is -2.46. The van der Waals surface area contributed by atoms with E-state index in [4.69, 9.17) is 0 Å². The highest BCUT2D eigenvalue weighted by molar-refractivity contribution is 6.93. The minimum Gasteiger partial charge on any atom is -0.376 e. The molecule has 0 saturated carbocycles. The molecule has 0 bridgehead atoms. The van der Waals surface area contributed by atoms with Gasteiger partial charge >= 0.3 is 6.85 Å². The van der Waals surface area contributed by atoms with Gasteiger partial charge in [0.25, 0.3) is 0 Å². The highest BCUT2D eigenvalue weighted by Gasteiger charge is 2.45. The van der Waals surface area contributed by atoms with Crippen molar-refractivity contribution in [2.24, 2.45) is 0 Å². The van der Waals surface area contributed by atoms with Crippen molar-refractivity contribution in [3.8, 4) is 11.1 Å². The third-order valence-corrected chi connectivity index (χ3v) is 8.73. The lowest BCUT2D eigenvalue weighted by atomic mass is 9.43. The molecule has 41 heavy (non-hydrogen) atoms. The predicted molar refractivity (Wildman–Crippen MR) is 176 cm³/mol. The highest BCUT2D eigenvalue weighted by atomic mass is 15.2. The number of para-hydroxylation sites is 3. The summed E-state index contributed by atoms with van der Waals surface area (Å²) in [6.07, 6.45) is 0. The van der Waals surface area contributed by atoms with Crippen molar-refractivity contribution in [3.63, 3.8) is 0 Å². The van der Waals surface area contributed by atoms with Gasteiger partial charge in [0.15, 0.2) is 0 Å². The fourth-order valence-corrected chi connectivity index (χ4v) is 6.95. The van der Waals surface area contributed by atoms with Crippen LogP contribution in [0.25, 0.3) is 21.9 Å². The van der Waals surface area contributed by atoms with E-state index in [9.17, 15) is 0 Å². The summed E-state index contributed by atoms with van der Waals surface area (Å²) in [7, 11) is 0. The first-order valence-electron chi connectivity index (χ1n) is 14.5. The Morgan fingerprint density at radius 2 is 1.12 bits per heavy atom. The lowest BCUT2D eigenvalue weighted by Crippen LogP contribution is -2.61. The number of fused-ring (bicyclic) bond motifs is 5. The fraction of sp³-hybridized carbons (Fsp3) is 0.105. The van der Waals surface area contributed by atoms with E-state index < -0.39 is 0 Å². The number of hydrogen-bond acceptors (Lipinski definition) is 2. The van der Waals surface area contributed by atoms with Crippen LogP contribution in [0.4, 0.5) is 28.4 Å². The molecule has 196 valence electrons. The fourth-order valence-electron chi connectivity index (χ4n) is 6.95. The van der Waals surface area contributed by atoms with Gasteiger partial charge in [-0.25, -0.2) is 0 Å². The molecule has 0 atom stereocenters. The molecule has 0 amide bonds. The number of hydrogen-bond donors (Lipinski definition) is 0. The number of anilines is 5. The molecule has 2 aliphatic rings. The molecule has 2 heterocycles. The first-order valence-corrected chi connectivity index (χ1v) is 14.5. The highest BCUT2D eigenvalue weighted by Crippen LogP contribution is 2.48. The average Bonchev–Trinajstić information content (AvgIpc) is 3.00. The molecule has 2 aliphatic heterocycles. The number of nitrogens with zero attached hydrogens (tertiary/aromatic N) is 2. The van der Waals surface area contributed by atoms with Crippen molar-refractivity contribution in [3.05, 3.63) is 139 Å². The Labute approximate surface area is 242 Å². The summed E-state index contributed by atoms with van der Waals surface area (Å²) in [5.41, 5.74) is 12.8. The van der Waals surface area contributed by atoms with Crippen LogP contribution in [-0.4, -0.2) is 6.85 Å². The molecule has 6 aromatic rings. The van der Waals surface area contributed by atoms with Gasteiger partial charge < -0.3 is 9.71 Å². The van der Waals surface area contributed by atoms with Gasteiger partial charge in [-0.2, -0.15) is 0 Å². The largest absolute Gasteiger partial charge is 0.376 e. The third-order valence-electron chi connectivity index (χ3n) is 8.73. The molecule has 0 fully saturated rings. The minimum atomic E-state index is -0.0390. The van der Waals surface area contributed by atoms with E-state index in [1.54, 1.807) is 0 Å². The van der Waals surface area contributed by atoms with Gasteiger partial charge in [-0.05, 0) is 80.7 Å². The van der Waals surface area contributed by atoms with Crippen molar-refractivity contribution >= 4 is 57.0 Å². The van der Waals surface area contributed by atoms with Gasteiger partial charge in [0.1, 0.15) is 0 Å². The zero-order chi connectivity index (χ0) is 27.7. The number of benzene rings is 6. The van der Waals surface area contributed by atoms with Gasteiger partial charge in [-0.3, -0.25) is 0 Å². The van der Waals surface area contributed by atoms with Crippen molar-refractivity contribution in [2.75, 3.05) is 9.71 Å². The molecule has 6 aromatic carbocycles. The van der Waals surface area contributed by atoms with Crippen LogP contribution in [-0.2, 0) is 5.41 Å². The van der Waals surface area contributed by atoms with Crippen LogP contribution in [0.1, 0.15) is 26.3 Å². The lowest BCUT2D eigenvalue weighted by molar-refractivity contribution is 0.592. The van der Waals surface area contributed by atoms with Crippen LogP contribution in [0, 0.1) is 0 Å². The molecular weight excluding hydrogens is 495 g/mol. The molecular formula is C38H31BN2. The van der Waals surface area contributed by atoms with Gasteiger partial charge in [0.05, 0.1) is 5.69 Å². The SMILES string of the molecule is CC(C)(C)c1cc2ccccc2cc1N1c2ccccc2B2c3c(cccc31)-c1ccccc1N2c1ccccc1. The Balaban J connectivity index is 1.48. The maximum atomic E-state index is 2.54. The van der Waals surface area contributed by atoms with Gasteiger partial charge in [-0.1, -0.05) is 112 Å². The second-order valence-electron chi connectivity index (χ2n) is 12.2. The van der Waals surface area contributed by atoms with E-state index in [-0.39, 0.29) is 12.3 Å². The standard InChI is InChI=1S/C38H31BN2/c1-38(2,3)31-24-26-14-7-8-15-27(26)25-36(31)40-34-22-12-10-20-32(34)39-37-30(19-13-23-35(37)40)29-18-9-11-21-33(29)41(39)28-16-5-4-6-17-28/h4-25H,1-3H3. The van der Waals surface area contributed by atoms with Crippen molar-refractivity contribution < 1.29 is 0 Å². The van der Waals surface area contributed by atoms with Crippen LogP contribution < -0.4 is 20.6 Å². The average molecular weight is 526 g/mol. The van der Waals surface area contributed by atoms with Crippen molar-refractivity contribution in [1.82, 2.24) is 0 Å². The molecule has 0 saturated heterocycles. The second kappa shape index (κ2) is 8.87. The summed E-state index contributed by atoms with van der Waals surface area (Å²) in [6, 6.07) is 49.2. The Morgan fingerprint density at radius 1 is 0.512 bits per heavy atom. The summed E-state index contributed by atoms with van der Waals surface area (Å²) >= 11 is 0. The van der Waals surface area contributed by atoms with E-state index in [1.165, 1.54) is 66.8 Å². The summed E-state index contributed by atoms with van der Waals surface area (Å²) in [6.45, 7) is 7.04. The first-order chi connectivity index (χ1) is 20.0. The maximum Gasteiger partial charge on any atom is 0.333 e. The monoisotopic (exact) mass is 526 g/mol. The molecule has 0 unspecified atom stereocenters. The Morgan fingerprint density at radius 3 is 1.90 bits per heavy atom. The van der Waals surface area contributed by atoms with E-state index in [0.29, 0.717) is 0 Å². The topological polar surface area (TPSA) is 6.48 Å². The molecule has 3 heteroatoms.